The summed E-state index contributed by atoms with van der Waals surface area (Å²) < 4.78 is 4.48. The Morgan fingerprint density at radius 2 is 1.72 bits per heavy atom. The number of aryl methyl sites for hydroxylation is 3. The first kappa shape index (κ1) is 14.7. The normalized spacial score (nSPS) is 14.1. The highest BCUT2D eigenvalue weighted by Crippen LogP contribution is 2.27. The Kier molecular flexibility index (Phi) is 4.87. The second-order valence-electron chi connectivity index (χ2n) is 4.60. The van der Waals surface area contributed by atoms with E-state index in [1.54, 1.807) is 0 Å². The molecule has 1 rings (SSSR count). The minimum atomic E-state index is -1.16. The van der Waals surface area contributed by atoms with Crippen molar-refractivity contribution in [3.63, 3.8) is 0 Å². The van der Waals surface area contributed by atoms with Gasteiger partial charge in [0.05, 0.1) is 19.6 Å². The lowest BCUT2D eigenvalue weighted by Crippen LogP contribution is -2.24. The van der Waals surface area contributed by atoms with Gasteiger partial charge in [-0.15, -0.1) is 0 Å². The van der Waals surface area contributed by atoms with E-state index < -0.39 is 18.2 Å². The van der Waals surface area contributed by atoms with Gasteiger partial charge >= 0.3 is 5.97 Å². The molecule has 0 saturated heterocycles. The third-order valence-corrected chi connectivity index (χ3v) is 3.00. The molecular formula is C14H20O4. The Hall–Kier alpha value is -1.39. The molecule has 4 heteroatoms. The fraction of sp³-hybridized carbons (Fsp3) is 0.500. The van der Waals surface area contributed by atoms with Crippen molar-refractivity contribution in [2.45, 2.75) is 39.4 Å². The largest absolute Gasteiger partial charge is 0.469 e. The fourth-order valence-corrected chi connectivity index (χ4v) is 2.22. The molecule has 0 aliphatic heterocycles. The minimum Gasteiger partial charge on any atom is -0.469 e. The van der Waals surface area contributed by atoms with E-state index in [4.69, 9.17) is 0 Å². The predicted molar refractivity (Wildman–Crippen MR) is 68.3 cm³/mol. The molecule has 0 bridgehead atoms. The van der Waals surface area contributed by atoms with Crippen LogP contribution < -0.4 is 0 Å². The zero-order valence-electron chi connectivity index (χ0n) is 11.2. The number of rotatable bonds is 4. The third kappa shape index (κ3) is 3.31. The summed E-state index contributed by atoms with van der Waals surface area (Å²) >= 11 is 0. The molecule has 4 nitrogen and oxygen atoms in total. The van der Waals surface area contributed by atoms with E-state index in [0.717, 1.165) is 16.7 Å². The van der Waals surface area contributed by atoms with Gasteiger partial charge in [0.2, 0.25) is 0 Å². The van der Waals surface area contributed by atoms with Crippen LogP contribution in [0.5, 0.6) is 0 Å². The topological polar surface area (TPSA) is 66.8 Å². The summed E-state index contributed by atoms with van der Waals surface area (Å²) in [6, 6.07) is 3.88. The fourth-order valence-electron chi connectivity index (χ4n) is 2.22. The number of hydrogen-bond donors (Lipinski definition) is 2. The Bertz CT molecular complexity index is 416. The maximum atomic E-state index is 11.1. The number of methoxy groups -OCH3 is 1. The molecule has 0 fully saturated rings. The Morgan fingerprint density at radius 1 is 1.22 bits per heavy atom. The van der Waals surface area contributed by atoms with Gasteiger partial charge in [0.15, 0.2) is 0 Å². The predicted octanol–water partition coefficient (Wildman–Crippen LogP) is 1.57. The molecular weight excluding hydrogens is 232 g/mol. The second-order valence-corrected chi connectivity index (χ2v) is 4.60. The molecule has 0 saturated carbocycles. The van der Waals surface area contributed by atoms with E-state index in [2.05, 4.69) is 4.74 Å². The SMILES string of the molecule is COC(=O)CC(O)C(O)c1c(C)cc(C)cc1C. The van der Waals surface area contributed by atoms with Gasteiger partial charge in [0.25, 0.3) is 0 Å². The van der Waals surface area contributed by atoms with Gasteiger partial charge in [-0.3, -0.25) is 4.79 Å². The highest BCUT2D eigenvalue weighted by atomic mass is 16.5. The van der Waals surface area contributed by atoms with E-state index in [9.17, 15) is 15.0 Å². The Labute approximate surface area is 107 Å². The minimum absolute atomic E-state index is 0.218. The van der Waals surface area contributed by atoms with Gasteiger partial charge in [-0.25, -0.2) is 0 Å². The van der Waals surface area contributed by atoms with Gasteiger partial charge in [-0.1, -0.05) is 17.7 Å². The van der Waals surface area contributed by atoms with Crippen molar-refractivity contribution in [2.24, 2.45) is 0 Å². The number of esters is 1. The first-order valence-corrected chi connectivity index (χ1v) is 5.87. The zero-order chi connectivity index (χ0) is 13.9. The molecule has 0 radical (unpaired) electrons. The van der Waals surface area contributed by atoms with Crippen LogP contribution in [0.25, 0.3) is 0 Å². The van der Waals surface area contributed by atoms with Gasteiger partial charge in [-0.2, -0.15) is 0 Å². The van der Waals surface area contributed by atoms with Gasteiger partial charge in [0.1, 0.15) is 6.10 Å². The van der Waals surface area contributed by atoms with Gasteiger partial charge < -0.3 is 14.9 Å². The average Bonchev–Trinajstić information content (AvgIpc) is 2.27. The van der Waals surface area contributed by atoms with Crippen molar-refractivity contribution >= 4 is 5.97 Å². The molecule has 2 unspecified atom stereocenters. The lowest BCUT2D eigenvalue weighted by molar-refractivity contribution is -0.144. The van der Waals surface area contributed by atoms with Crippen LogP contribution in [0.1, 0.15) is 34.8 Å². The summed E-state index contributed by atoms with van der Waals surface area (Å²) in [6.07, 6.45) is -2.45. The van der Waals surface area contributed by atoms with Crippen LogP contribution in [0, 0.1) is 20.8 Å². The number of aliphatic hydroxyl groups is 2. The molecule has 2 N–H and O–H groups in total. The molecule has 2 atom stereocenters. The third-order valence-electron chi connectivity index (χ3n) is 3.00. The highest BCUT2D eigenvalue weighted by Gasteiger charge is 2.24. The van der Waals surface area contributed by atoms with Gasteiger partial charge in [-0.05, 0) is 37.5 Å². The van der Waals surface area contributed by atoms with Crippen LogP contribution in [0.15, 0.2) is 12.1 Å². The lowest BCUT2D eigenvalue weighted by atomic mass is 9.92. The van der Waals surface area contributed by atoms with Crippen LogP contribution in [0.3, 0.4) is 0 Å². The van der Waals surface area contributed by atoms with Crippen molar-refractivity contribution in [1.29, 1.82) is 0 Å². The number of ether oxygens (including phenoxy) is 1. The Morgan fingerprint density at radius 3 is 2.17 bits per heavy atom. The summed E-state index contributed by atoms with van der Waals surface area (Å²) in [4.78, 5) is 11.1. The second kappa shape index (κ2) is 5.98. The van der Waals surface area contributed by atoms with Crippen molar-refractivity contribution in [2.75, 3.05) is 7.11 Å². The van der Waals surface area contributed by atoms with Crippen molar-refractivity contribution in [3.8, 4) is 0 Å². The van der Waals surface area contributed by atoms with E-state index in [1.807, 2.05) is 32.9 Å². The van der Waals surface area contributed by atoms with E-state index >= 15 is 0 Å². The molecule has 0 aliphatic carbocycles. The Balaban J connectivity index is 2.96. The van der Waals surface area contributed by atoms with E-state index in [1.165, 1.54) is 7.11 Å². The average molecular weight is 252 g/mol. The van der Waals surface area contributed by atoms with Crippen LogP contribution >= 0.6 is 0 Å². The molecule has 18 heavy (non-hydrogen) atoms. The van der Waals surface area contributed by atoms with Crippen molar-refractivity contribution in [1.82, 2.24) is 0 Å². The number of aliphatic hydroxyl groups excluding tert-OH is 2. The molecule has 0 amide bonds. The number of carbonyl (C=O) groups excluding carboxylic acids is 1. The van der Waals surface area contributed by atoms with Crippen molar-refractivity contribution in [3.05, 3.63) is 34.4 Å². The monoisotopic (exact) mass is 252 g/mol. The summed E-state index contributed by atoms with van der Waals surface area (Å²) in [5.41, 5.74) is 3.59. The summed E-state index contributed by atoms with van der Waals surface area (Å²) in [7, 11) is 1.25. The van der Waals surface area contributed by atoms with Gasteiger partial charge in [0, 0.05) is 0 Å². The summed E-state index contributed by atoms with van der Waals surface area (Å²) in [6.45, 7) is 5.73. The lowest BCUT2D eigenvalue weighted by Gasteiger charge is -2.21. The van der Waals surface area contributed by atoms with Crippen LogP contribution in [0.2, 0.25) is 0 Å². The first-order valence-electron chi connectivity index (χ1n) is 5.87. The summed E-state index contributed by atoms with van der Waals surface area (Å²) in [5, 5.41) is 20.0. The van der Waals surface area contributed by atoms with E-state index in [0.29, 0.717) is 5.56 Å². The van der Waals surface area contributed by atoms with Crippen LogP contribution in [-0.4, -0.2) is 29.4 Å². The van der Waals surface area contributed by atoms with E-state index in [-0.39, 0.29) is 6.42 Å². The standard InChI is InChI=1S/C14H20O4/c1-8-5-9(2)13(10(3)6-8)14(17)11(15)7-12(16)18-4/h5-6,11,14-15,17H,7H2,1-4H3. The molecule has 0 heterocycles. The smallest absolute Gasteiger partial charge is 0.308 e. The molecule has 0 aliphatic rings. The quantitative estimate of drug-likeness (QED) is 0.798. The summed E-state index contributed by atoms with van der Waals surface area (Å²) in [5.74, 6) is -0.538. The maximum absolute atomic E-state index is 11.1. The van der Waals surface area contributed by atoms with Crippen LogP contribution in [0.4, 0.5) is 0 Å². The molecule has 0 aromatic heterocycles. The molecule has 100 valence electrons. The molecule has 0 spiro atoms. The maximum Gasteiger partial charge on any atom is 0.308 e. The number of benzene rings is 1. The molecule has 1 aromatic rings. The van der Waals surface area contributed by atoms with Crippen molar-refractivity contribution < 1.29 is 19.7 Å². The van der Waals surface area contributed by atoms with Crippen LogP contribution in [-0.2, 0) is 9.53 Å². The number of carbonyl (C=O) groups is 1. The molecule has 1 aromatic carbocycles. The zero-order valence-corrected chi connectivity index (χ0v) is 11.2. The highest BCUT2D eigenvalue weighted by molar-refractivity contribution is 5.69. The first-order chi connectivity index (χ1) is 8.36. The number of hydrogen-bond acceptors (Lipinski definition) is 4.